The van der Waals surface area contributed by atoms with E-state index < -0.39 is 17.7 Å². The quantitative estimate of drug-likeness (QED) is 0.0439. The molecule has 11 heteroatoms. The number of methoxy groups -OCH3 is 1. The normalized spacial score (nSPS) is 24.6. The van der Waals surface area contributed by atoms with Crippen molar-refractivity contribution in [2.24, 2.45) is 28.8 Å². The number of carbonyl (C=O) groups excluding carboxylic acids is 2. The number of unbranched alkanes of at least 4 members (excludes halogenated alkanes) is 2. The predicted octanol–water partition coefficient (Wildman–Crippen LogP) is 9.56. The fourth-order valence-corrected chi connectivity index (χ4v) is 10.5. The van der Waals surface area contributed by atoms with E-state index in [1.54, 1.807) is 24.3 Å². The van der Waals surface area contributed by atoms with E-state index in [4.69, 9.17) is 28.9 Å². The molecule has 11 nitrogen and oxygen atoms in total. The fourth-order valence-electron chi connectivity index (χ4n) is 10.5. The van der Waals surface area contributed by atoms with Gasteiger partial charge >= 0.3 is 0 Å². The van der Waals surface area contributed by atoms with Crippen LogP contribution >= 0.6 is 0 Å². The average Bonchev–Trinajstić information content (AvgIpc) is 3.83. The number of likely N-dealkylation sites (N-methyl/N-ethyl adjacent to an activating group) is 1. The molecule has 1 amide bonds. The van der Waals surface area contributed by atoms with Crippen molar-refractivity contribution < 1.29 is 43.6 Å². The van der Waals surface area contributed by atoms with Gasteiger partial charge in [0.05, 0.1) is 30.9 Å². The Labute approximate surface area is 366 Å². The Kier molecular flexibility index (Phi) is 15.6. The lowest BCUT2D eigenvalue weighted by Crippen LogP contribution is -2.69. The van der Waals surface area contributed by atoms with Gasteiger partial charge in [-0.05, 0) is 97.4 Å². The number of rotatable bonds is 22. The Balaban J connectivity index is 1.38. The van der Waals surface area contributed by atoms with E-state index >= 15 is 0 Å². The van der Waals surface area contributed by atoms with Crippen LogP contribution in [0.4, 0.5) is 0 Å². The van der Waals surface area contributed by atoms with Gasteiger partial charge in [0, 0.05) is 44.6 Å². The van der Waals surface area contributed by atoms with Crippen LogP contribution in [0.2, 0.25) is 0 Å². The fraction of sp³-hybridized carbons (Fsp3) is 0.510. The third-order valence-corrected chi connectivity index (χ3v) is 13.6. The van der Waals surface area contributed by atoms with Crippen LogP contribution in [0.15, 0.2) is 96.2 Å². The van der Waals surface area contributed by atoms with Crippen molar-refractivity contribution in [2.75, 3.05) is 34.0 Å². The molecule has 0 aromatic heterocycles. The third kappa shape index (κ3) is 9.96. The summed E-state index contributed by atoms with van der Waals surface area (Å²) in [6.45, 7) is 4.72. The first kappa shape index (κ1) is 45.1. The second kappa shape index (κ2) is 21.4. The number of amides is 1. The van der Waals surface area contributed by atoms with E-state index in [1.807, 2.05) is 60.5 Å². The van der Waals surface area contributed by atoms with Crippen LogP contribution in [0.25, 0.3) is 0 Å². The molecule has 3 aromatic carbocycles. The molecule has 0 bridgehead atoms. The lowest BCUT2D eigenvalue weighted by molar-refractivity contribution is -0.255. The highest BCUT2D eigenvalue weighted by Crippen LogP contribution is 2.62. The number of aliphatic hydroxyl groups excluding tert-OH is 2. The molecule has 2 fully saturated rings. The topological polar surface area (TPSA) is 136 Å². The number of nitrogens with zero attached hydrogens (tertiary/aromatic N) is 2. The molecule has 3 aromatic rings. The summed E-state index contributed by atoms with van der Waals surface area (Å²) in [5, 5.41) is 24.8. The Morgan fingerprint density at radius 3 is 2.44 bits per heavy atom. The number of oxime groups is 1. The van der Waals surface area contributed by atoms with Crippen LogP contribution in [0, 0.1) is 23.7 Å². The van der Waals surface area contributed by atoms with Crippen LogP contribution in [0.5, 0.6) is 23.0 Å². The van der Waals surface area contributed by atoms with Gasteiger partial charge in [0.1, 0.15) is 35.6 Å². The van der Waals surface area contributed by atoms with E-state index in [0.717, 1.165) is 60.8 Å². The summed E-state index contributed by atoms with van der Waals surface area (Å²) in [5.41, 5.74) is 4.05. The molecule has 0 saturated heterocycles. The van der Waals surface area contributed by atoms with Crippen molar-refractivity contribution in [3.05, 3.63) is 108 Å². The zero-order chi connectivity index (χ0) is 43.5. The number of hydrogen-bond donors (Lipinski definition) is 2. The van der Waals surface area contributed by atoms with E-state index in [1.165, 1.54) is 32.8 Å². The van der Waals surface area contributed by atoms with E-state index in [-0.39, 0.29) is 50.1 Å². The van der Waals surface area contributed by atoms with Gasteiger partial charge in [0.2, 0.25) is 11.7 Å². The minimum atomic E-state index is -1.32. The van der Waals surface area contributed by atoms with Gasteiger partial charge in [-0.3, -0.25) is 9.59 Å². The molecule has 6 unspecified atom stereocenters. The van der Waals surface area contributed by atoms with Crippen LogP contribution in [-0.4, -0.2) is 78.8 Å². The number of aldehydes is 1. The SMILES string of the molecule is C=CCOC12Oc3ccc(Oc4ccc(OC)c(C=O)c4)cc3C3C(CCCCO)C(CCCCO)C=C(C(=NOCc4ccccc4)CC1N(C)C(=O)CCC1CCCC1)C32. The Morgan fingerprint density at radius 2 is 1.71 bits per heavy atom. The number of ether oxygens (including phenoxy) is 4. The van der Waals surface area contributed by atoms with Gasteiger partial charge in [-0.1, -0.05) is 86.2 Å². The first-order valence-corrected chi connectivity index (χ1v) is 22.6. The van der Waals surface area contributed by atoms with Gasteiger partial charge < -0.3 is 38.9 Å². The summed E-state index contributed by atoms with van der Waals surface area (Å²) < 4.78 is 26.3. The second-order valence-corrected chi connectivity index (χ2v) is 17.3. The highest BCUT2D eigenvalue weighted by Gasteiger charge is 2.65. The number of hydrogen-bond acceptors (Lipinski definition) is 10. The molecule has 4 aliphatic rings. The van der Waals surface area contributed by atoms with Crippen molar-refractivity contribution in [1.82, 2.24) is 4.90 Å². The zero-order valence-electron chi connectivity index (χ0n) is 36.4. The number of fused-ring (bicyclic) bond motifs is 2. The minimum Gasteiger partial charge on any atom is -0.496 e. The van der Waals surface area contributed by atoms with E-state index in [0.29, 0.717) is 60.2 Å². The lowest BCUT2D eigenvalue weighted by Gasteiger charge is -2.59. The highest BCUT2D eigenvalue weighted by molar-refractivity contribution is 6.03. The molecule has 2 saturated carbocycles. The smallest absolute Gasteiger partial charge is 0.239 e. The molecular formula is C51H64N2O9. The lowest BCUT2D eigenvalue weighted by atomic mass is 9.55. The van der Waals surface area contributed by atoms with Gasteiger partial charge in [-0.25, -0.2) is 0 Å². The van der Waals surface area contributed by atoms with Crippen molar-refractivity contribution in [3.63, 3.8) is 0 Å². The van der Waals surface area contributed by atoms with Crippen molar-refractivity contribution in [3.8, 4) is 23.0 Å². The molecule has 332 valence electrons. The van der Waals surface area contributed by atoms with Gasteiger partial charge in [0.15, 0.2) is 6.29 Å². The molecule has 0 radical (unpaired) electrons. The monoisotopic (exact) mass is 848 g/mol. The summed E-state index contributed by atoms with van der Waals surface area (Å²) in [6, 6.07) is 20.4. The van der Waals surface area contributed by atoms with Crippen molar-refractivity contribution in [2.45, 2.75) is 108 Å². The molecule has 1 aliphatic heterocycles. The zero-order valence-corrected chi connectivity index (χ0v) is 36.4. The maximum Gasteiger partial charge on any atom is 0.239 e. The van der Waals surface area contributed by atoms with Crippen molar-refractivity contribution >= 4 is 17.9 Å². The highest BCUT2D eigenvalue weighted by atomic mass is 16.7. The summed E-state index contributed by atoms with van der Waals surface area (Å²) in [7, 11) is 3.40. The van der Waals surface area contributed by atoms with E-state index in [2.05, 4.69) is 12.7 Å². The summed E-state index contributed by atoms with van der Waals surface area (Å²) in [6.07, 6.45) is 15.9. The maximum atomic E-state index is 14.4. The minimum absolute atomic E-state index is 0.0431. The van der Waals surface area contributed by atoms with Crippen molar-refractivity contribution in [1.29, 1.82) is 0 Å². The molecule has 0 spiro atoms. The Hall–Kier alpha value is -4.97. The van der Waals surface area contributed by atoms with Crippen LogP contribution in [-0.2, 0) is 21.0 Å². The summed E-state index contributed by atoms with van der Waals surface area (Å²) >= 11 is 0. The Bertz CT molecular complexity index is 2050. The molecular weight excluding hydrogens is 785 g/mol. The summed E-state index contributed by atoms with van der Waals surface area (Å²) in [5.74, 6) is 0.966. The van der Waals surface area contributed by atoms with Gasteiger partial charge in [-0.2, -0.15) is 0 Å². The second-order valence-electron chi connectivity index (χ2n) is 17.3. The standard InChI is InChI=1S/C51H64N2O9/c1-4-28-59-51-47(53(2)48(57)25-20-35-14-8-9-15-35)32-44(52-60-34-36-16-6-5-7-17-36)42-30-37(18-10-12-26-54)41(19-11-13-27-55)49(50(42)51)43-31-40(22-24-46(43)62-51)61-39-21-23-45(58-3)38(29-39)33-56/h4-7,16-17,21-24,29-31,33,35,37,41,47,49-50,54-55H,1,8-15,18-20,25-28,32,34H2,2-3H3. The first-order chi connectivity index (χ1) is 30.3. The average molecular weight is 849 g/mol. The number of allylic oxidation sites excluding steroid dienone is 1. The first-order valence-electron chi connectivity index (χ1n) is 22.6. The molecule has 7 rings (SSSR count). The molecule has 62 heavy (non-hydrogen) atoms. The van der Waals surface area contributed by atoms with E-state index in [9.17, 15) is 19.8 Å². The van der Waals surface area contributed by atoms with Crippen LogP contribution in [0.3, 0.4) is 0 Å². The summed E-state index contributed by atoms with van der Waals surface area (Å²) in [4.78, 5) is 34.4. The molecule has 2 N–H and O–H groups in total. The van der Waals surface area contributed by atoms with Crippen LogP contribution < -0.4 is 14.2 Å². The predicted molar refractivity (Wildman–Crippen MR) is 239 cm³/mol. The number of benzene rings is 3. The van der Waals surface area contributed by atoms with Crippen LogP contribution in [0.1, 0.15) is 111 Å². The molecule has 1 heterocycles. The third-order valence-electron chi connectivity index (χ3n) is 13.6. The van der Waals surface area contributed by atoms with Gasteiger partial charge in [0.25, 0.3) is 0 Å². The maximum absolute atomic E-state index is 14.4. The number of carbonyl (C=O) groups is 2. The Morgan fingerprint density at radius 1 is 0.968 bits per heavy atom. The van der Waals surface area contributed by atoms with Gasteiger partial charge in [-0.15, -0.1) is 6.58 Å². The largest absolute Gasteiger partial charge is 0.496 e. The molecule has 3 aliphatic carbocycles. The number of aliphatic hydroxyl groups is 2. The molecule has 6 atom stereocenters.